The second-order valence-electron chi connectivity index (χ2n) is 4.31. The van der Waals surface area contributed by atoms with E-state index >= 15 is 0 Å². The lowest BCUT2D eigenvalue weighted by Gasteiger charge is -2.11. The van der Waals surface area contributed by atoms with Crippen molar-refractivity contribution in [1.29, 1.82) is 0 Å². The summed E-state index contributed by atoms with van der Waals surface area (Å²) in [7, 11) is 1.58. The van der Waals surface area contributed by atoms with Gasteiger partial charge in [0.1, 0.15) is 5.75 Å². The fourth-order valence-corrected chi connectivity index (χ4v) is 2.03. The van der Waals surface area contributed by atoms with Gasteiger partial charge in [-0.25, -0.2) is 4.79 Å². The topological polar surface area (TPSA) is 58.6 Å². The van der Waals surface area contributed by atoms with Crippen molar-refractivity contribution in [2.75, 3.05) is 12.4 Å². The van der Waals surface area contributed by atoms with Crippen molar-refractivity contribution >= 4 is 28.9 Å². The third kappa shape index (κ3) is 3.03. The molecule has 0 heterocycles. The number of nitrogens with one attached hydrogen (secondary N) is 1. The number of halogens is 1. The number of carboxylic acid groups (broad SMARTS) is 1. The Kier molecular flexibility index (Phi) is 4.15. The van der Waals surface area contributed by atoms with Crippen LogP contribution in [0.5, 0.6) is 5.75 Å². The summed E-state index contributed by atoms with van der Waals surface area (Å²) in [4.78, 5) is 11.0. The molecule has 104 valence electrons. The number of carbonyl (C=O) groups is 1. The highest BCUT2D eigenvalue weighted by Gasteiger charge is 2.08. The summed E-state index contributed by atoms with van der Waals surface area (Å²) in [6.45, 7) is 1.75. The Labute approximate surface area is 122 Å². The second-order valence-corrected chi connectivity index (χ2v) is 4.71. The largest absolute Gasteiger partial charge is 0.497 e. The molecule has 0 fully saturated rings. The lowest BCUT2D eigenvalue weighted by atomic mass is 10.1. The van der Waals surface area contributed by atoms with Gasteiger partial charge >= 0.3 is 5.97 Å². The van der Waals surface area contributed by atoms with Gasteiger partial charge < -0.3 is 15.2 Å². The Balaban J connectivity index is 2.30. The Hall–Kier alpha value is -2.20. The maximum absolute atomic E-state index is 11.0. The number of aromatic carboxylic acids is 1. The lowest BCUT2D eigenvalue weighted by molar-refractivity contribution is 0.0696. The number of benzene rings is 2. The van der Waals surface area contributed by atoms with Gasteiger partial charge in [-0.05, 0) is 42.8 Å². The van der Waals surface area contributed by atoms with E-state index in [0.29, 0.717) is 22.0 Å². The molecule has 0 aromatic heterocycles. The second kappa shape index (κ2) is 5.84. The smallest absolute Gasteiger partial charge is 0.335 e. The van der Waals surface area contributed by atoms with Crippen LogP contribution in [-0.2, 0) is 0 Å². The van der Waals surface area contributed by atoms with Gasteiger partial charge in [-0.1, -0.05) is 11.6 Å². The standard InChI is InChI=1S/C15H14ClNO3/c1-9-7-10(3-5-12(9)15(18)19)17-14-8-11(20-2)4-6-13(14)16/h3-8,17H,1-2H3,(H,18,19). The van der Waals surface area contributed by atoms with Crippen molar-refractivity contribution in [2.24, 2.45) is 0 Å². The SMILES string of the molecule is COc1ccc(Cl)c(Nc2ccc(C(=O)O)c(C)c2)c1. The Bertz CT molecular complexity index is 656. The van der Waals surface area contributed by atoms with E-state index in [9.17, 15) is 4.79 Å². The van der Waals surface area contributed by atoms with Gasteiger partial charge in [-0.3, -0.25) is 0 Å². The Morgan fingerprint density at radius 3 is 2.60 bits per heavy atom. The quantitative estimate of drug-likeness (QED) is 0.890. The van der Waals surface area contributed by atoms with E-state index in [-0.39, 0.29) is 5.56 Å². The summed E-state index contributed by atoms with van der Waals surface area (Å²) < 4.78 is 5.15. The number of rotatable bonds is 4. The Morgan fingerprint density at radius 1 is 1.25 bits per heavy atom. The maximum Gasteiger partial charge on any atom is 0.335 e. The molecule has 0 aliphatic heterocycles. The van der Waals surface area contributed by atoms with E-state index < -0.39 is 5.97 Å². The molecule has 0 radical (unpaired) electrons. The highest BCUT2D eigenvalue weighted by molar-refractivity contribution is 6.33. The molecule has 0 bridgehead atoms. The zero-order valence-electron chi connectivity index (χ0n) is 11.1. The minimum absolute atomic E-state index is 0.285. The number of hydrogen-bond donors (Lipinski definition) is 2. The fourth-order valence-electron chi connectivity index (χ4n) is 1.86. The van der Waals surface area contributed by atoms with Gasteiger partial charge in [0.25, 0.3) is 0 Å². The minimum atomic E-state index is -0.937. The number of hydrogen-bond acceptors (Lipinski definition) is 3. The first-order chi connectivity index (χ1) is 9.51. The van der Waals surface area contributed by atoms with Crippen LogP contribution in [0.25, 0.3) is 0 Å². The van der Waals surface area contributed by atoms with Crippen LogP contribution in [0.4, 0.5) is 11.4 Å². The van der Waals surface area contributed by atoms with Crippen LogP contribution < -0.4 is 10.1 Å². The number of ether oxygens (including phenoxy) is 1. The molecule has 0 aliphatic rings. The summed E-state index contributed by atoms with van der Waals surface area (Å²) in [6.07, 6.45) is 0. The zero-order valence-corrected chi connectivity index (χ0v) is 11.9. The van der Waals surface area contributed by atoms with Crippen LogP contribution in [0.2, 0.25) is 5.02 Å². The van der Waals surface area contributed by atoms with Crippen LogP contribution in [0.3, 0.4) is 0 Å². The monoisotopic (exact) mass is 291 g/mol. The van der Waals surface area contributed by atoms with Crippen molar-refractivity contribution in [1.82, 2.24) is 0 Å². The first kappa shape index (κ1) is 14.2. The summed E-state index contributed by atoms with van der Waals surface area (Å²) >= 11 is 6.11. The highest BCUT2D eigenvalue weighted by atomic mass is 35.5. The molecule has 2 N–H and O–H groups in total. The molecular weight excluding hydrogens is 278 g/mol. The third-order valence-corrected chi connectivity index (χ3v) is 3.24. The van der Waals surface area contributed by atoms with Crippen molar-refractivity contribution in [2.45, 2.75) is 6.92 Å². The minimum Gasteiger partial charge on any atom is -0.497 e. The van der Waals surface area contributed by atoms with Gasteiger partial charge in [-0.2, -0.15) is 0 Å². The van der Waals surface area contributed by atoms with Crippen molar-refractivity contribution in [3.8, 4) is 5.75 Å². The van der Waals surface area contributed by atoms with Crippen LogP contribution in [-0.4, -0.2) is 18.2 Å². The average molecular weight is 292 g/mol. The van der Waals surface area contributed by atoms with Crippen LogP contribution in [0, 0.1) is 6.92 Å². The molecule has 2 aromatic carbocycles. The molecule has 0 saturated heterocycles. The molecule has 0 saturated carbocycles. The molecular formula is C15H14ClNO3. The number of anilines is 2. The number of methoxy groups -OCH3 is 1. The molecule has 0 atom stereocenters. The normalized spacial score (nSPS) is 10.2. The molecule has 20 heavy (non-hydrogen) atoms. The zero-order chi connectivity index (χ0) is 14.7. The molecule has 0 amide bonds. The number of aryl methyl sites for hydroxylation is 1. The highest BCUT2D eigenvalue weighted by Crippen LogP contribution is 2.30. The molecule has 0 spiro atoms. The van der Waals surface area contributed by atoms with Gasteiger partial charge in [0.05, 0.1) is 23.4 Å². The third-order valence-electron chi connectivity index (χ3n) is 2.91. The first-order valence-electron chi connectivity index (χ1n) is 5.96. The fraction of sp³-hybridized carbons (Fsp3) is 0.133. The van der Waals surface area contributed by atoms with Gasteiger partial charge in [0.2, 0.25) is 0 Å². The lowest BCUT2D eigenvalue weighted by Crippen LogP contribution is -2.00. The van der Waals surface area contributed by atoms with E-state index in [2.05, 4.69) is 5.32 Å². The summed E-state index contributed by atoms with van der Waals surface area (Å²) in [5, 5.41) is 12.7. The average Bonchev–Trinajstić information content (AvgIpc) is 2.41. The molecule has 0 aliphatic carbocycles. The molecule has 2 aromatic rings. The van der Waals surface area contributed by atoms with Gasteiger partial charge in [0.15, 0.2) is 0 Å². The Morgan fingerprint density at radius 2 is 2.00 bits per heavy atom. The predicted octanol–water partition coefficient (Wildman–Crippen LogP) is 4.10. The van der Waals surface area contributed by atoms with E-state index in [0.717, 1.165) is 5.69 Å². The van der Waals surface area contributed by atoms with Crippen molar-refractivity contribution in [3.05, 3.63) is 52.5 Å². The summed E-state index contributed by atoms with van der Waals surface area (Å²) in [6, 6.07) is 10.3. The molecule has 4 nitrogen and oxygen atoms in total. The van der Waals surface area contributed by atoms with Crippen molar-refractivity contribution < 1.29 is 14.6 Å². The summed E-state index contributed by atoms with van der Waals surface area (Å²) in [5.41, 5.74) is 2.44. The van der Waals surface area contributed by atoms with Crippen molar-refractivity contribution in [3.63, 3.8) is 0 Å². The first-order valence-corrected chi connectivity index (χ1v) is 6.33. The summed E-state index contributed by atoms with van der Waals surface area (Å²) in [5.74, 6) is -0.246. The van der Waals surface area contributed by atoms with E-state index in [1.807, 2.05) is 0 Å². The van der Waals surface area contributed by atoms with E-state index in [1.54, 1.807) is 50.4 Å². The van der Waals surface area contributed by atoms with E-state index in [4.69, 9.17) is 21.4 Å². The molecule has 0 unspecified atom stereocenters. The van der Waals surface area contributed by atoms with Gasteiger partial charge in [0, 0.05) is 11.8 Å². The van der Waals surface area contributed by atoms with Crippen LogP contribution in [0.1, 0.15) is 15.9 Å². The van der Waals surface area contributed by atoms with E-state index in [1.165, 1.54) is 0 Å². The number of carboxylic acids is 1. The predicted molar refractivity (Wildman–Crippen MR) is 79.4 cm³/mol. The molecule has 2 rings (SSSR count). The van der Waals surface area contributed by atoms with Crippen LogP contribution >= 0.6 is 11.6 Å². The van der Waals surface area contributed by atoms with Crippen LogP contribution in [0.15, 0.2) is 36.4 Å². The molecule has 5 heteroatoms. The van der Waals surface area contributed by atoms with Gasteiger partial charge in [-0.15, -0.1) is 0 Å². The maximum atomic E-state index is 11.0.